The summed E-state index contributed by atoms with van der Waals surface area (Å²) in [5.74, 6) is 2.91. The number of hydrogen-bond donors (Lipinski definition) is 2. The number of rotatable bonds is 10. The van der Waals surface area contributed by atoms with Crippen LogP contribution in [0, 0.1) is 0 Å². The summed E-state index contributed by atoms with van der Waals surface area (Å²) >= 11 is 0. The molecule has 0 aliphatic heterocycles. The fourth-order valence-corrected chi connectivity index (χ4v) is 2.05. The number of benzene rings is 2. The lowest BCUT2D eigenvalue weighted by atomic mass is 10.3. The molecule has 140 valence electrons. The summed E-state index contributed by atoms with van der Waals surface area (Å²) in [7, 11) is 1.61. The predicted molar refractivity (Wildman–Crippen MR) is 98.1 cm³/mol. The van der Waals surface area contributed by atoms with Crippen LogP contribution in [0.1, 0.15) is 6.92 Å². The van der Waals surface area contributed by atoms with Crippen LogP contribution in [0.3, 0.4) is 0 Å². The van der Waals surface area contributed by atoms with Gasteiger partial charge in [0.25, 0.3) is 0 Å². The van der Waals surface area contributed by atoms with Crippen molar-refractivity contribution in [1.82, 2.24) is 10.6 Å². The summed E-state index contributed by atoms with van der Waals surface area (Å²) in [4.78, 5) is 11.7. The maximum absolute atomic E-state index is 11.7. The quantitative estimate of drug-likeness (QED) is 0.503. The Balaban J connectivity index is 1.57. The standard InChI is InChI=1S/C19H24N2O5/c1-3-24-16-8-10-18(11-9-16)26-14-21-19(22)20-12-13-25-17-6-4-15(23-2)5-7-17/h4-11H,3,12-14H2,1-2H3,(H2,20,21,22). The molecule has 0 saturated carbocycles. The van der Waals surface area contributed by atoms with E-state index in [2.05, 4.69) is 10.6 Å². The summed E-state index contributed by atoms with van der Waals surface area (Å²) < 4.78 is 21.4. The van der Waals surface area contributed by atoms with Crippen LogP contribution >= 0.6 is 0 Å². The molecule has 0 saturated heterocycles. The maximum Gasteiger partial charge on any atom is 0.317 e. The molecule has 2 rings (SSSR count). The summed E-state index contributed by atoms with van der Waals surface area (Å²) in [6, 6.07) is 14.1. The van der Waals surface area contributed by atoms with Crippen LogP contribution in [0.25, 0.3) is 0 Å². The smallest absolute Gasteiger partial charge is 0.317 e. The molecule has 2 aromatic rings. The number of hydrogen-bond acceptors (Lipinski definition) is 5. The van der Waals surface area contributed by atoms with E-state index < -0.39 is 0 Å². The topological polar surface area (TPSA) is 78.1 Å². The number of amides is 2. The van der Waals surface area contributed by atoms with Gasteiger partial charge in [0.05, 0.1) is 20.3 Å². The highest BCUT2D eigenvalue weighted by molar-refractivity contribution is 5.73. The average molecular weight is 360 g/mol. The minimum atomic E-state index is -0.325. The van der Waals surface area contributed by atoms with E-state index in [1.165, 1.54) is 0 Å². The van der Waals surface area contributed by atoms with Crippen molar-refractivity contribution in [2.75, 3.05) is 33.6 Å². The second-order valence-electron chi connectivity index (χ2n) is 5.15. The molecule has 7 nitrogen and oxygen atoms in total. The second kappa shape index (κ2) is 10.7. The number of carbonyl (C=O) groups is 1. The molecule has 0 radical (unpaired) electrons. The van der Waals surface area contributed by atoms with Gasteiger partial charge in [-0.05, 0) is 55.5 Å². The van der Waals surface area contributed by atoms with Gasteiger partial charge >= 0.3 is 6.03 Å². The van der Waals surface area contributed by atoms with Crippen molar-refractivity contribution in [2.24, 2.45) is 0 Å². The number of methoxy groups -OCH3 is 1. The van der Waals surface area contributed by atoms with Crippen molar-refractivity contribution in [3.63, 3.8) is 0 Å². The molecule has 7 heteroatoms. The van der Waals surface area contributed by atoms with Crippen molar-refractivity contribution >= 4 is 6.03 Å². The van der Waals surface area contributed by atoms with Crippen LogP contribution < -0.4 is 29.6 Å². The van der Waals surface area contributed by atoms with E-state index in [0.717, 1.165) is 11.5 Å². The first kappa shape index (κ1) is 19.2. The van der Waals surface area contributed by atoms with Crippen LogP contribution in [0.2, 0.25) is 0 Å². The van der Waals surface area contributed by atoms with Gasteiger partial charge in [-0.2, -0.15) is 0 Å². The molecule has 2 amide bonds. The van der Waals surface area contributed by atoms with Crippen LogP contribution in [0.4, 0.5) is 4.79 Å². The number of carbonyl (C=O) groups excluding carboxylic acids is 1. The molecule has 26 heavy (non-hydrogen) atoms. The minimum Gasteiger partial charge on any atom is -0.497 e. The van der Waals surface area contributed by atoms with Crippen LogP contribution in [-0.2, 0) is 0 Å². The Kier molecular flexibility index (Phi) is 7.92. The van der Waals surface area contributed by atoms with Crippen LogP contribution in [-0.4, -0.2) is 39.6 Å². The van der Waals surface area contributed by atoms with Crippen LogP contribution in [0.5, 0.6) is 23.0 Å². The molecule has 0 spiro atoms. The van der Waals surface area contributed by atoms with Gasteiger partial charge in [-0.25, -0.2) is 4.79 Å². The molecule has 0 bridgehead atoms. The third-order valence-electron chi connectivity index (χ3n) is 3.32. The summed E-state index contributed by atoms with van der Waals surface area (Å²) in [5.41, 5.74) is 0. The lowest BCUT2D eigenvalue weighted by Gasteiger charge is -2.11. The van der Waals surface area contributed by atoms with Gasteiger partial charge in [0, 0.05) is 0 Å². The van der Waals surface area contributed by atoms with Crippen molar-refractivity contribution in [3.8, 4) is 23.0 Å². The highest BCUT2D eigenvalue weighted by Gasteiger charge is 2.01. The van der Waals surface area contributed by atoms with E-state index in [-0.39, 0.29) is 12.8 Å². The molecule has 0 aliphatic carbocycles. The van der Waals surface area contributed by atoms with Crippen molar-refractivity contribution < 1.29 is 23.7 Å². The Hall–Kier alpha value is -3.09. The fourth-order valence-electron chi connectivity index (χ4n) is 2.05. The third kappa shape index (κ3) is 6.80. The van der Waals surface area contributed by atoms with Gasteiger partial charge in [-0.15, -0.1) is 0 Å². The second-order valence-corrected chi connectivity index (χ2v) is 5.15. The van der Waals surface area contributed by atoms with Crippen molar-refractivity contribution in [2.45, 2.75) is 6.92 Å². The largest absolute Gasteiger partial charge is 0.497 e. The Morgan fingerprint density at radius 3 is 1.92 bits per heavy atom. The average Bonchev–Trinajstić information content (AvgIpc) is 2.67. The molecule has 0 unspecified atom stereocenters. The number of nitrogens with one attached hydrogen (secondary N) is 2. The van der Waals surface area contributed by atoms with Crippen molar-refractivity contribution in [3.05, 3.63) is 48.5 Å². The lowest BCUT2D eigenvalue weighted by molar-refractivity contribution is 0.220. The zero-order chi connectivity index (χ0) is 18.6. The molecule has 0 aliphatic rings. The Morgan fingerprint density at radius 2 is 1.35 bits per heavy atom. The molecule has 2 N–H and O–H groups in total. The predicted octanol–water partition coefficient (Wildman–Crippen LogP) is 2.81. The summed E-state index contributed by atoms with van der Waals surface area (Å²) in [5, 5.41) is 5.30. The number of urea groups is 1. The first-order valence-corrected chi connectivity index (χ1v) is 8.35. The molecule has 0 atom stereocenters. The first-order valence-electron chi connectivity index (χ1n) is 8.35. The normalized spacial score (nSPS) is 9.92. The molecular formula is C19H24N2O5. The number of ether oxygens (including phenoxy) is 4. The van der Waals surface area contributed by atoms with E-state index >= 15 is 0 Å². The van der Waals surface area contributed by atoms with E-state index in [9.17, 15) is 4.79 Å². The van der Waals surface area contributed by atoms with E-state index in [1.54, 1.807) is 19.2 Å². The van der Waals surface area contributed by atoms with Gasteiger partial charge < -0.3 is 29.6 Å². The van der Waals surface area contributed by atoms with Gasteiger partial charge in [-0.1, -0.05) is 0 Å². The van der Waals surface area contributed by atoms with Crippen molar-refractivity contribution in [1.29, 1.82) is 0 Å². The summed E-state index contributed by atoms with van der Waals surface area (Å²) in [6.45, 7) is 3.35. The molecule has 0 fully saturated rings. The Morgan fingerprint density at radius 1 is 0.808 bits per heavy atom. The van der Waals surface area contributed by atoms with Gasteiger partial charge in [0.2, 0.25) is 0 Å². The fraction of sp³-hybridized carbons (Fsp3) is 0.316. The highest BCUT2D eigenvalue weighted by atomic mass is 16.5. The zero-order valence-electron chi connectivity index (χ0n) is 15.0. The molecular weight excluding hydrogens is 336 g/mol. The highest BCUT2D eigenvalue weighted by Crippen LogP contribution is 2.17. The Bertz CT molecular complexity index is 659. The maximum atomic E-state index is 11.7. The van der Waals surface area contributed by atoms with E-state index in [0.29, 0.717) is 31.3 Å². The van der Waals surface area contributed by atoms with Crippen LogP contribution in [0.15, 0.2) is 48.5 Å². The molecule has 2 aromatic carbocycles. The minimum absolute atomic E-state index is 0.0686. The first-order chi connectivity index (χ1) is 12.7. The van der Waals surface area contributed by atoms with E-state index in [1.807, 2.05) is 43.3 Å². The zero-order valence-corrected chi connectivity index (χ0v) is 15.0. The Labute approximate surface area is 153 Å². The summed E-state index contributed by atoms with van der Waals surface area (Å²) in [6.07, 6.45) is 0. The van der Waals surface area contributed by atoms with E-state index in [4.69, 9.17) is 18.9 Å². The lowest BCUT2D eigenvalue weighted by Crippen LogP contribution is -2.39. The van der Waals surface area contributed by atoms with Gasteiger partial charge in [-0.3, -0.25) is 0 Å². The molecule has 0 aromatic heterocycles. The molecule has 0 heterocycles. The van der Waals surface area contributed by atoms with Gasteiger partial charge in [0.1, 0.15) is 29.6 Å². The van der Waals surface area contributed by atoms with Gasteiger partial charge in [0.15, 0.2) is 6.73 Å². The monoisotopic (exact) mass is 360 g/mol. The third-order valence-corrected chi connectivity index (χ3v) is 3.32. The SMILES string of the molecule is CCOc1ccc(OCNC(=O)NCCOc2ccc(OC)cc2)cc1.